The second-order valence-electron chi connectivity index (χ2n) is 6.98. The summed E-state index contributed by atoms with van der Waals surface area (Å²) >= 11 is 0. The van der Waals surface area contributed by atoms with Crippen molar-refractivity contribution in [3.8, 4) is 0 Å². The Kier molecular flexibility index (Phi) is 18.5. The van der Waals surface area contributed by atoms with Gasteiger partial charge in [0.2, 0.25) is 0 Å². The first-order valence-corrected chi connectivity index (χ1v) is 10.7. The molecule has 1 rings (SSSR count). The fraction of sp³-hybridized carbons (Fsp3) is 0.652. The lowest BCUT2D eigenvalue weighted by molar-refractivity contribution is -0.139. The summed E-state index contributed by atoms with van der Waals surface area (Å²) in [6.07, 6.45) is 25.2. The van der Waals surface area contributed by atoms with Gasteiger partial charge in [0.25, 0.3) is 0 Å². The molecule has 0 saturated carbocycles. The van der Waals surface area contributed by atoms with Gasteiger partial charge in [0.05, 0.1) is 0 Å². The average Bonchev–Trinajstić information content (AvgIpc) is 3.20. The highest BCUT2D eigenvalue weighted by atomic mass is 16.4. The van der Waals surface area contributed by atoms with Gasteiger partial charge in [-0.25, -0.2) is 0 Å². The monoisotopic (exact) mass is 393 g/mol. The van der Waals surface area contributed by atoms with E-state index in [4.69, 9.17) is 10.2 Å². The molecule has 5 nitrogen and oxygen atoms in total. The SMILES string of the molecule is CC/C=C\C/C=C\C/C=C\CCCCCCCC(=O)O.O=C(O)C1CCCN1. The summed E-state index contributed by atoms with van der Waals surface area (Å²) in [5.41, 5.74) is 0. The molecule has 28 heavy (non-hydrogen) atoms. The minimum absolute atomic E-state index is 0.269. The summed E-state index contributed by atoms with van der Waals surface area (Å²) in [6.45, 7) is 3.01. The van der Waals surface area contributed by atoms with Gasteiger partial charge >= 0.3 is 11.9 Å². The fourth-order valence-corrected chi connectivity index (χ4v) is 2.79. The van der Waals surface area contributed by atoms with Crippen molar-refractivity contribution in [1.29, 1.82) is 0 Å². The Morgan fingerprint density at radius 2 is 1.50 bits per heavy atom. The van der Waals surface area contributed by atoms with E-state index in [0.717, 1.165) is 64.3 Å². The van der Waals surface area contributed by atoms with Crippen LogP contribution in [0.15, 0.2) is 36.5 Å². The molecule has 0 aromatic carbocycles. The molecular weight excluding hydrogens is 354 g/mol. The third kappa shape index (κ3) is 18.9. The highest BCUT2D eigenvalue weighted by Gasteiger charge is 2.20. The van der Waals surface area contributed by atoms with Crippen LogP contribution in [0.25, 0.3) is 0 Å². The molecule has 1 aliphatic rings. The standard InChI is InChI=1S/C18H30O2.C5H9NO2/c1-2-3-4-5-6-7-8-9-10-11-12-13-14-15-16-17-18(19)20;7-5(8)4-2-1-3-6-4/h3-4,6-7,9-10H,2,5,8,11-17H2,1H3,(H,19,20);4,6H,1-3H2,(H,7,8)/b4-3-,7-6-,10-9-;. The number of allylic oxidation sites excluding steroid dienone is 6. The second kappa shape index (κ2) is 19.9. The van der Waals surface area contributed by atoms with Crippen molar-refractivity contribution in [3.63, 3.8) is 0 Å². The van der Waals surface area contributed by atoms with E-state index < -0.39 is 11.9 Å². The maximum atomic E-state index is 10.3. The lowest BCUT2D eigenvalue weighted by Crippen LogP contribution is -2.29. The van der Waals surface area contributed by atoms with Crippen molar-refractivity contribution in [1.82, 2.24) is 5.32 Å². The predicted octanol–water partition coefficient (Wildman–Crippen LogP) is 5.48. The quantitative estimate of drug-likeness (QED) is 0.268. The van der Waals surface area contributed by atoms with Gasteiger partial charge in [-0.3, -0.25) is 9.59 Å². The molecule has 1 heterocycles. The lowest BCUT2D eigenvalue weighted by Gasteiger charge is -1.99. The van der Waals surface area contributed by atoms with Crippen molar-refractivity contribution in [2.24, 2.45) is 0 Å². The maximum Gasteiger partial charge on any atom is 0.320 e. The molecule has 1 saturated heterocycles. The van der Waals surface area contributed by atoms with Crippen molar-refractivity contribution in [3.05, 3.63) is 36.5 Å². The summed E-state index contributed by atoms with van der Waals surface area (Å²) in [5.74, 6) is -1.39. The van der Waals surface area contributed by atoms with Crippen molar-refractivity contribution in [2.75, 3.05) is 6.54 Å². The summed E-state index contributed by atoms with van der Waals surface area (Å²) < 4.78 is 0. The summed E-state index contributed by atoms with van der Waals surface area (Å²) in [5, 5.41) is 19.7. The van der Waals surface area contributed by atoms with E-state index in [2.05, 4.69) is 48.7 Å². The highest BCUT2D eigenvalue weighted by molar-refractivity contribution is 5.73. The number of aliphatic carboxylic acids is 2. The van der Waals surface area contributed by atoms with Gasteiger partial charge in [-0.05, 0) is 57.9 Å². The molecule has 0 radical (unpaired) electrons. The molecule has 1 fully saturated rings. The number of unbranched alkanes of at least 4 members (excludes halogenated alkanes) is 5. The summed E-state index contributed by atoms with van der Waals surface area (Å²) in [4.78, 5) is 20.5. The van der Waals surface area contributed by atoms with Gasteiger partial charge in [-0.1, -0.05) is 62.6 Å². The van der Waals surface area contributed by atoms with Crippen LogP contribution in [0.4, 0.5) is 0 Å². The van der Waals surface area contributed by atoms with E-state index in [9.17, 15) is 9.59 Å². The zero-order valence-electron chi connectivity index (χ0n) is 17.4. The van der Waals surface area contributed by atoms with Crippen LogP contribution in [0.5, 0.6) is 0 Å². The van der Waals surface area contributed by atoms with Gasteiger partial charge in [0.1, 0.15) is 6.04 Å². The number of nitrogens with one attached hydrogen (secondary N) is 1. The normalized spacial score (nSPS) is 16.7. The first-order valence-electron chi connectivity index (χ1n) is 10.7. The predicted molar refractivity (Wildman–Crippen MR) is 116 cm³/mol. The molecule has 160 valence electrons. The lowest BCUT2D eigenvalue weighted by atomic mass is 10.1. The number of carboxylic acids is 2. The average molecular weight is 394 g/mol. The molecule has 0 bridgehead atoms. The fourth-order valence-electron chi connectivity index (χ4n) is 2.79. The Morgan fingerprint density at radius 1 is 0.893 bits per heavy atom. The van der Waals surface area contributed by atoms with Gasteiger partial charge in [0.15, 0.2) is 0 Å². The largest absolute Gasteiger partial charge is 0.481 e. The Morgan fingerprint density at radius 3 is 2.04 bits per heavy atom. The van der Waals surface area contributed by atoms with Crippen LogP contribution < -0.4 is 5.32 Å². The minimum atomic E-state index is -0.720. The van der Waals surface area contributed by atoms with Crippen LogP contribution in [-0.2, 0) is 9.59 Å². The molecule has 0 aliphatic carbocycles. The third-order valence-electron chi connectivity index (χ3n) is 4.40. The van der Waals surface area contributed by atoms with Gasteiger partial charge < -0.3 is 15.5 Å². The molecule has 5 heteroatoms. The van der Waals surface area contributed by atoms with Crippen molar-refractivity contribution < 1.29 is 19.8 Å². The second-order valence-corrected chi connectivity index (χ2v) is 6.98. The minimum Gasteiger partial charge on any atom is -0.481 e. The third-order valence-corrected chi connectivity index (χ3v) is 4.40. The Bertz CT molecular complexity index is 477. The first kappa shape index (κ1) is 26.1. The van der Waals surface area contributed by atoms with E-state index in [0.29, 0.717) is 6.42 Å². The van der Waals surface area contributed by atoms with Crippen LogP contribution in [-0.4, -0.2) is 34.7 Å². The smallest absolute Gasteiger partial charge is 0.320 e. The molecule has 1 aliphatic heterocycles. The molecule has 1 atom stereocenters. The van der Waals surface area contributed by atoms with Crippen molar-refractivity contribution in [2.45, 2.75) is 90.0 Å². The number of carbonyl (C=O) groups is 2. The topological polar surface area (TPSA) is 86.6 Å². The zero-order valence-corrected chi connectivity index (χ0v) is 17.4. The van der Waals surface area contributed by atoms with E-state index in [-0.39, 0.29) is 6.04 Å². The number of hydrogen-bond donors (Lipinski definition) is 3. The highest BCUT2D eigenvalue weighted by Crippen LogP contribution is 2.08. The van der Waals surface area contributed by atoms with Crippen LogP contribution in [0.2, 0.25) is 0 Å². The Hall–Kier alpha value is -1.88. The molecular formula is C23H39NO4. The van der Waals surface area contributed by atoms with E-state index in [1.54, 1.807) is 0 Å². The molecule has 3 N–H and O–H groups in total. The molecule has 0 spiro atoms. The molecule has 1 unspecified atom stereocenters. The summed E-state index contributed by atoms with van der Waals surface area (Å²) in [7, 11) is 0. The number of rotatable bonds is 14. The van der Waals surface area contributed by atoms with E-state index >= 15 is 0 Å². The Labute approximate surface area is 170 Å². The van der Waals surface area contributed by atoms with Crippen LogP contribution >= 0.6 is 0 Å². The van der Waals surface area contributed by atoms with Crippen LogP contribution in [0, 0.1) is 0 Å². The van der Waals surface area contributed by atoms with Gasteiger partial charge in [0, 0.05) is 6.42 Å². The molecule has 0 aromatic heterocycles. The van der Waals surface area contributed by atoms with Crippen LogP contribution in [0.1, 0.15) is 84.0 Å². The van der Waals surface area contributed by atoms with Crippen molar-refractivity contribution >= 4 is 11.9 Å². The Balaban J connectivity index is 0.000000749. The van der Waals surface area contributed by atoms with Gasteiger partial charge in [-0.15, -0.1) is 0 Å². The molecule has 0 amide bonds. The zero-order chi connectivity index (χ0) is 20.9. The van der Waals surface area contributed by atoms with Gasteiger partial charge in [-0.2, -0.15) is 0 Å². The van der Waals surface area contributed by atoms with E-state index in [1.165, 1.54) is 12.8 Å². The molecule has 0 aromatic rings. The first-order chi connectivity index (χ1) is 13.6. The van der Waals surface area contributed by atoms with Crippen LogP contribution in [0.3, 0.4) is 0 Å². The number of carboxylic acid groups (broad SMARTS) is 2. The van der Waals surface area contributed by atoms with E-state index in [1.807, 2.05) is 0 Å². The maximum absolute atomic E-state index is 10.3. The summed E-state index contributed by atoms with van der Waals surface area (Å²) in [6, 6.07) is -0.269. The number of hydrogen-bond acceptors (Lipinski definition) is 3.